The van der Waals surface area contributed by atoms with Crippen molar-refractivity contribution < 1.29 is 95.3 Å². The number of phenolic OH excluding ortho intramolecular Hbond substituents is 2. The van der Waals surface area contributed by atoms with Crippen molar-refractivity contribution in [1.82, 2.24) is 0 Å². The largest absolute Gasteiger partial charge is 1.00 e. The molecular formula is C20H19N3Na2O8S2. The molecule has 3 aromatic rings. The Morgan fingerprint density at radius 1 is 0.771 bits per heavy atom. The molecule has 0 fully saturated rings. The number of phenols is 2. The second-order valence-corrected chi connectivity index (χ2v) is 9.70. The molecule has 11 nitrogen and oxygen atoms in total. The monoisotopic (exact) mass is 539 g/mol. The van der Waals surface area contributed by atoms with Gasteiger partial charge in [0.15, 0.2) is 0 Å². The van der Waals surface area contributed by atoms with Crippen LogP contribution in [0.25, 0.3) is 10.8 Å². The predicted octanol–water partition coefficient (Wildman–Crippen LogP) is -2.67. The van der Waals surface area contributed by atoms with Gasteiger partial charge in [-0.2, -0.15) is 0 Å². The number of anilines is 1. The molecule has 176 valence electrons. The molecule has 0 aliphatic carbocycles. The van der Waals surface area contributed by atoms with Crippen LogP contribution in [0.3, 0.4) is 0 Å². The van der Waals surface area contributed by atoms with Crippen LogP contribution in [0.4, 0.5) is 17.1 Å². The smallest absolute Gasteiger partial charge is 0.744 e. The van der Waals surface area contributed by atoms with Crippen LogP contribution in [0.15, 0.2) is 62.5 Å². The number of nitrogens with zero attached hydrogens (tertiary/aromatic N) is 3. The number of hydrogen-bond acceptors (Lipinski definition) is 11. The van der Waals surface area contributed by atoms with Crippen molar-refractivity contribution >= 4 is 48.1 Å². The van der Waals surface area contributed by atoms with Gasteiger partial charge in [0.25, 0.3) is 0 Å². The Morgan fingerprint density at radius 3 is 1.77 bits per heavy atom. The molecule has 0 radical (unpaired) electrons. The van der Waals surface area contributed by atoms with Crippen molar-refractivity contribution in [1.29, 1.82) is 0 Å². The topological polar surface area (TPSA) is 183 Å². The fourth-order valence-corrected chi connectivity index (χ4v) is 4.33. The van der Waals surface area contributed by atoms with Crippen molar-refractivity contribution in [2.75, 3.05) is 18.0 Å². The normalized spacial score (nSPS) is 11.8. The minimum atomic E-state index is -5.01. The maximum absolute atomic E-state index is 11.6. The van der Waals surface area contributed by atoms with Gasteiger partial charge >= 0.3 is 59.1 Å². The van der Waals surface area contributed by atoms with E-state index >= 15 is 0 Å². The molecule has 0 aromatic heterocycles. The summed E-state index contributed by atoms with van der Waals surface area (Å²) >= 11 is 0. The van der Waals surface area contributed by atoms with Gasteiger partial charge in [0.05, 0.1) is 20.9 Å². The van der Waals surface area contributed by atoms with Crippen LogP contribution in [0.5, 0.6) is 11.5 Å². The standard InChI is InChI=1S/C20H21N3O8S2.2Na/c1-3-23(4-2)13-5-6-16(18(24)9-13)21-22-17-10-14(32(26,27)28)7-12-8-15(33(29,30)31)11-19(25)20(12)17;;/h5-11,24-25H,3-4H2,1-2H3,(H,26,27,28)(H,29,30,31);;/q;2*+1/p-2. The van der Waals surface area contributed by atoms with Crippen LogP contribution in [-0.2, 0) is 20.2 Å². The molecule has 0 saturated carbocycles. The zero-order valence-electron chi connectivity index (χ0n) is 19.5. The molecule has 0 aliphatic rings. The van der Waals surface area contributed by atoms with Crippen molar-refractivity contribution in [3.8, 4) is 11.5 Å². The first-order chi connectivity index (χ1) is 15.3. The zero-order valence-corrected chi connectivity index (χ0v) is 25.1. The molecule has 0 atom stereocenters. The molecule has 15 heteroatoms. The number of rotatable bonds is 7. The van der Waals surface area contributed by atoms with Crippen LogP contribution in [0.1, 0.15) is 13.8 Å². The molecule has 2 N–H and O–H groups in total. The fourth-order valence-electron chi connectivity index (χ4n) is 3.27. The van der Waals surface area contributed by atoms with Gasteiger partial charge in [-0.1, -0.05) is 0 Å². The third-order valence-corrected chi connectivity index (χ3v) is 6.51. The van der Waals surface area contributed by atoms with E-state index in [1.165, 1.54) is 12.1 Å². The van der Waals surface area contributed by atoms with Crippen LogP contribution in [0.2, 0.25) is 0 Å². The summed E-state index contributed by atoms with van der Waals surface area (Å²) in [4.78, 5) is 0.390. The van der Waals surface area contributed by atoms with E-state index in [0.29, 0.717) is 19.2 Å². The minimum absolute atomic E-state index is 0. The molecule has 0 heterocycles. The maximum atomic E-state index is 11.6. The number of benzene rings is 3. The van der Waals surface area contributed by atoms with Crippen molar-refractivity contribution in [3.63, 3.8) is 0 Å². The van der Waals surface area contributed by atoms with Gasteiger partial charge in [-0.05, 0) is 55.6 Å². The Balaban J connectivity index is 0.00000306. The summed E-state index contributed by atoms with van der Waals surface area (Å²) in [6.07, 6.45) is 0. The Labute approximate surface area is 247 Å². The van der Waals surface area contributed by atoms with E-state index in [4.69, 9.17) is 0 Å². The fraction of sp³-hybridized carbons (Fsp3) is 0.200. The van der Waals surface area contributed by atoms with E-state index in [-0.39, 0.29) is 87.0 Å². The molecule has 35 heavy (non-hydrogen) atoms. The molecule has 3 aromatic carbocycles. The van der Waals surface area contributed by atoms with Gasteiger partial charge in [-0.3, -0.25) is 0 Å². The molecule has 0 unspecified atom stereocenters. The number of aromatic hydroxyl groups is 2. The number of fused-ring (bicyclic) bond motifs is 1. The van der Waals surface area contributed by atoms with E-state index in [0.717, 1.165) is 23.9 Å². The first kappa shape index (κ1) is 31.8. The van der Waals surface area contributed by atoms with Crippen LogP contribution in [-0.4, -0.2) is 49.2 Å². The quantitative estimate of drug-likeness (QED) is 0.184. The van der Waals surface area contributed by atoms with Crippen molar-refractivity contribution in [3.05, 3.63) is 42.5 Å². The predicted molar refractivity (Wildman–Crippen MR) is 117 cm³/mol. The van der Waals surface area contributed by atoms with Gasteiger partial charge in [-0.15, -0.1) is 10.2 Å². The van der Waals surface area contributed by atoms with Crippen LogP contribution < -0.4 is 64.0 Å². The van der Waals surface area contributed by atoms with E-state index in [2.05, 4.69) is 10.2 Å². The number of hydrogen-bond donors (Lipinski definition) is 2. The van der Waals surface area contributed by atoms with Gasteiger partial charge in [0.2, 0.25) is 0 Å². The summed E-state index contributed by atoms with van der Waals surface area (Å²) < 4.78 is 68.7. The van der Waals surface area contributed by atoms with E-state index < -0.39 is 35.8 Å². The summed E-state index contributed by atoms with van der Waals surface area (Å²) in [5, 5.41) is 28.0. The Morgan fingerprint density at radius 2 is 1.29 bits per heavy atom. The molecule has 0 spiro atoms. The average Bonchev–Trinajstić information content (AvgIpc) is 2.72. The Kier molecular flexibility index (Phi) is 11.2. The van der Waals surface area contributed by atoms with Crippen molar-refractivity contribution in [2.24, 2.45) is 10.2 Å². The third-order valence-electron chi connectivity index (χ3n) is 4.88. The van der Waals surface area contributed by atoms with Gasteiger partial charge < -0.3 is 24.2 Å². The maximum Gasteiger partial charge on any atom is 1.00 e. The zero-order chi connectivity index (χ0) is 24.6. The van der Waals surface area contributed by atoms with E-state index in [9.17, 15) is 36.2 Å². The molecule has 3 rings (SSSR count). The summed E-state index contributed by atoms with van der Waals surface area (Å²) in [6.45, 7) is 5.32. The number of azo groups is 1. The van der Waals surface area contributed by atoms with Crippen molar-refractivity contribution in [2.45, 2.75) is 23.6 Å². The first-order valence-electron chi connectivity index (χ1n) is 9.57. The average molecular weight is 539 g/mol. The molecule has 0 amide bonds. The summed E-state index contributed by atoms with van der Waals surface area (Å²) in [5.74, 6) is -0.907. The second-order valence-electron chi connectivity index (χ2n) is 6.94. The van der Waals surface area contributed by atoms with Crippen LogP contribution >= 0.6 is 0 Å². The third kappa shape index (κ3) is 7.38. The van der Waals surface area contributed by atoms with Gasteiger partial charge in [-0.25, -0.2) is 16.8 Å². The van der Waals surface area contributed by atoms with E-state index in [1.54, 1.807) is 6.07 Å². The molecule has 0 saturated heterocycles. The minimum Gasteiger partial charge on any atom is -0.744 e. The summed E-state index contributed by atoms with van der Waals surface area (Å²) in [7, 11) is -9.99. The van der Waals surface area contributed by atoms with Crippen LogP contribution in [0, 0.1) is 0 Å². The van der Waals surface area contributed by atoms with Gasteiger partial charge in [0.1, 0.15) is 37.4 Å². The Hall–Kier alpha value is -1.26. The molecule has 0 aliphatic heterocycles. The summed E-state index contributed by atoms with van der Waals surface area (Å²) in [5.41, 5.74) is 0.472. The SMILES string of the molecule is CCN(CC)c1ccc(N=Nc2cc(S(=O)(=O)[O-])cc3cc(S(=O)(=O)[O-])cc(O)c23)c(O)c1.[Na+].[Na+]. The first-order valence-corrected chi connectivity index (χ1v) is 12.4. The second kappa shape index (κ2) is 12.3. The van der Waals surface area contributed by atoms with Gasteiger partial charge in [0, 0.05) is 24.8 Å². The molecule has 0 bridgehead atoms. The molecular weight excluding hydrogens is 520 g/mol. The summed E-state index contributed by atoms with van der Waals surface area (Å²) in [6, 6.07) is 7.82. The van der Waals surface area contributed by atoms with E-state index in [1.807, 2.05) is 18.7 Å². The Bertz CT molecular complexity index is 1470.